The molecular weight excluding hydrogens is 148 g/mol. The van der Waals surface area contributed by atoms with Gasteiger partial charge in [-0.15, -0.1) is 0 Å². The summed E-state index contributed by atoms with van der Waals surface area (Å²) in [6.07, 6.45) is -1.37. The van der Waals surface area contributed by atoms with Crippen molar-refractivity contribution in [3.05, 3.63) is 11.6 Å². The van der Waals surface area contributed by atoms with E-state index >= 15 is 0 Å². The lowest BCUT2D eigenvalue weighted by molar-refractivity contribution is -0.0533. The van der Waals surface area contributed by atoms with E-state index in [-0.39, 0.29) is 13.0 Å². The number of rotatable bonds is 1. The number of hydrogen-bond acceptors (Lipinski definition) is 4. The minimum Gasteiger partial charge on any atom is -0.392 e. The third-order valence-electron chi connectivity index (χ3n) is 1.90. The van der Waals surface area contributed by atoms with Crippen LogP contribution in [0.3, 0.4) is 0 Å². The molecule has 1 rings (SSSR count). The molecule has 0 aliphatic heterocycles. The van der Waals surface area contributed by atoms with Gasteiger partial charge in [-0.3, -0.25) is 0 Å². The maximum Gasteiger partial charge on any atom is 0.110 e. The second-order valence-electron chi connectivity index (χ2n) is 2.68. The molecule has 3 atom stereocenters. The molecule has 11 heavy (non-hydrogen) atoms. The summed E-state index contributed by atoms with van der Waals surface area (Å²) in [6, 6.07) is 0. The van der Waals surface area contributed by atoms with Crippen molar-refractivity contribution in [3.63, 3.8) is 0 Å². The molecule has 4 nitrogen and oxygen atoms in total. The minimum absolute atomic E-state index is 0.273. The van der Waals surface area contributed by atoms with Crippen LogP contribution in [0, 0.1) is 0 Å². The van der Waals surface area contributed by atoms with Crippen LogP contribution in [0.2, 0.25) is 0 Å². The van der Waals surface area contributed by atoms with Crippen LogP contribution in [-0.4, -0.2) is 45.3 Å². The zero-order chi connectivity index (χ0) is 8.43. The van der Waals surface area contributed by atoms with Gasteiger partial charge in [0.25, 0.3) is 0 Å². The van der Waals surface area contributed by atoms with E-state index in [0.29, 0.717) is 5.57 Å². The Labute approximate surface area is 64.4 Å². The smallest absolute Gasteiger partial charge is 0.110 e. The molecule has 0 heterocycles. The number of hydrogen-bond donors (Lipinski definition) is 4. The first-order valence-corrected chi connectivity index (χ1v) is 3.50. The normalized spacial score (nSPS) is 38.5. The van der Waals surface area contributed by atoms with Gasteiger partial charge in [0, 0.05) is 0 Å². The first-order valence-electron chi connectivity index (χ1n) is 3.50. The van der Waals surface area contributed by atoms with Crippen molar-refractivity contribution in [1.82, 2.24) is 0 Å². The molecule has 4 heteroatoms. The van der Waals surface area contributed by atoms with Gasteiger partial charge in [0.05, 0.1) is 12.7 Å². The van der Waals surface area contributed by atoms with Gasteiger partial charge in [0.15, 0.2) is 0 Å². The number of aliphatic hydroxyl groups excluding tert-OH is 4. The summed E-state index contributed by atoms with van der Waals surface area (Å²) in [5.41, 5.74) is 0.378. The van der Waals surface area contributed by atoms with Crippen molar-refractivity contribution < 1.29 is 20.4 Å². The fraction of sp³-hybridized carbons (Fsp3) is 0.714. The van der Waals surface area contributed by atoms with Crippen LogP contribution in [0.1, 0.15) is 6.42 Å². The predicted octanol–water partition coefficient (Wildman–Crippen LogP) is -1.61. The summed E-state index contributed by atoms with van der Waals surface area (Å²) in [4.78, 5) is 0. The molecule has 0 radical (unpaired) electrons. The molecular formula is C7H12O4. The van der Waals surface area contributed by atoms with Crippen LogP contribution in [-0.2, 0) is 0 Å². The Balaban J connectivity index is 2.70. The highest BCUT2D eigenvalue weighted by Gasteiger charge is 2.30. The van der Waals surface area contributed by atoms with E-state index in [1.807, 2.05) is 0 Å². The molecule has 4 N–H and O–H groups in total. The average Bonchev–Trinajstić information content (AvgIpc) is 2.01. The van der Waals surface area contributed by atoms with Crippen molar-refractivity contribution in [2.24, 2.45) is 0 Å². The quantitative estimate of drug-likeness (QED) is 0.348. The van der Waals surface area contributed by atoms with E-state index in [4.69, 9.17) is 20.4 Å². The van der Waals surface area contributed by atoms with Gasteiger partial charge in [-0.25, -0.2) is 0 Å². The van der Waals surface area contributed by atoms with Crippen molar-refractivity contribution in [2.45, 2.75) is 24.7 Å². The molecule has 0 saturated heterocycles. The Hall–Kier alpha value is -0.420. The molecule has 0 spiro atoms. The van der Waals surface area contributed by atoms with Crippen LogP contribution in [0.15, 0.2) is 11.6 Å². The van der Waals surface area contributed by atoms with Gasteiger partial charge in [-0.2, -0.15) is 0 Å². The summed E-state index contributed by atoms with van der Waals surface area (Å²) in [5, 5.41) is 35.9. The Morgan fingerprint density at radius 3 is 2.55 bits per heavy atom. The lowest BCUT2D eigenvalue weighted by Gasteiger charge is -2.27. The second kappa shape index (κ2) is 3.32. The van der Waals surface area contributed by atoms with Crippen LogP contribution in [0.25, 0.3) is 0 Å². The first kappa shape index (κ1) is 8.67. The third kappa shape index (κ3) is 1.59. The van der Waals surface area contributed by atoms with Gasteiger partial charge in [0.1, 0.15) is 12.2 Å². The second-order valence-corrected chi connectivity index (χ2v) is 2.68. The summed E-state index contributed by atoms with van der Waals surface area (Å²) in [7, 11) is 0. The Kier molecular flexibility index (Phi) is 2.62. The molecule has 0 aromatic carbocycles. The SMILES string of the molecule is OCC1=CC[C@H](O)[C@@H](O)[C@@H]1O. The van der Waals surface area contributed by atoms with Crippen LogP contribution in [0.5, 0.6) is 0 Å². The van der Waals surface area contributed by atoms with E-state index in [1.54, 1.807) is 6.08 Å². The van der Waals surface area contributed by atoms with Crippen molar-refractivity contribution >= 4 is 0 Å². The monoisotopic (exact) mass is 160 g/mol. The molecule has 64 valence electrons. The fourth-order valence-corrected chi connectivity index (χ4v) is 1.12. The van der Waals surface area contributed by atoms with Crippen molar-refractivity contribution in [2.75, 3.05) is 6.61 Å². The highest BCUT2D eigenvalue weighted by Crippen LogP contribution is 2.18. The van der Waals surface area contributed by atoms with Gasteiger partial charge < -0.3 is 20.4 Å². The van der Waals surface area contributed by atoms with E-state index in [1.165, 1.54) is 0 Å². The summed E-state index contributed by atoms with van der Waals surface area (Å²) < 4.78 is 0. The Bertz CT molecular complexity index is 166. The molecule has 0 aromatic heterocycles. The molecule has 0 aromatic rings. The highest BCUT2D eigenvalue weighted by atomic mass is 16.4. The van der Waals surface area contributed by atoms with E-state index in [0.717, 1.165) is 0 Å². The van der Waals surface area contributed by atoms with E-state index in [2.05, 4.69) is 0 Å². The van der Waals surface area contributed by atoms with Gasteiger partial charge in [-0.1, -0.05) is 6.08 Å². The Morgan fingerprint density at radius 2 is 2.00 bits per heavy atom. The topological polar surface area (TPSA) is 80.9 Å². The predicted molar refractivity (Wildman–Crippen MR) is 37.8 cm³/mol. The largest absolute Gasteiger partial charge is 0.392 e. The molecule has 0 bridgehead atoms. The fourth-order valence-electron chi connectivity index (χ4n) is 1.12. The molecule has 1 aliphatic carbocycles. The number of aliphatic hydroxyl groups is 4. The lowest BCUT2D eigenvalue weighted by atomic mass is 9.92. The van der Waals surface area contributed by atoms with Crippen LogP contribution < -0.4 is 0 Å². The molecule has 0 saturated carbocycles. The zero-order valence-corrected chi connectivity index (χ0v) is 6.01. The maximum atomic E-state index is 9.17. The summed E-state index contributed by atoms with van der Waals surface area (Å²) >= 11 is 0. The van der Waals surface area contributed by atoms with Crippen LogP contribution >= 0.6 is 0 Å². The Morgan fingerprint density at radius 1 is 1.36 bits per heavy atom. The van der Waals surface area contributed by atoms with Crippen molar-refractivity contribution in [3.8, 4) is 0 Å². The van der Waals surface area contributed by atoms with Gasteiger partial charge in [-0.05, 0) is 12.0 Å². The molecule has 0 amide bonds. The minimum atomic E-state index is -1.16. The first-order chi connectivity index (χ1) is 5.16. The van der Waals surface area contributed by atoms with Crippen LogP contribution in [0.4, 0.5) is 0 Å². The lowest BCUT2D eigenvalue weighted by Crippen LogP contribution is -2.41. The summed E-state index contributed by atoms with van der Waals surface area (Å²) in [6.45, 7) is -0.273. The highest BCUT2D eigenvalue weighted by molar-refractivity contribution is 5.16. The third-order valence-corrected chi connectivity index (χ3v) is 1.90. The standard InChI is InChI=1S/C7H12O4/c8-3-4-1-2-5(9)7(11)6(4)10/h1,5-11H,2-3H2/t5-,6+,7+/m0/s1. The molecule has 1 aliphatic rings. The van der Waals surface area contributed by atoms with Gasteiger partial charge in [0.2, 0.25) is 0 Å². The molecule has 0 unspecified atom stereocenters. The van der Waals surface area contributed by atoms with Crippen molar-refractivity contribution in [1.29, 1.82) is 0 Å². The van der Waals surface area contributed by atoms with E-state index in [9.17, 15) is 0 Å². The van der Waals surface area contributed by atoms with Gasteiger partial charge >= 0.3 is 0 Å². The average molecular weight is 160 g/mol. The molecule has 0 fully saturated rings. The summed E-state index contributed by atoms with van der Waals surface area (Å²) in [5.74, 6) is 0. The maximum absolute atomic E-state index is 9.17. The zero-order valence-electron chi connectivity index (χ0n) is 6.01. The van der Waals surface area contributed by atoms with E-state index < -0.39 is 18.3 Å².